The van der Waals surface area contributed by atoms with Crippen molar-refractivity contribution in [2.75, 3.05) is 6.61 Å². The second-order valence-electron chi connectivity index (χ2n) is 3.71. The van der Waals surface area contributed by atoms with Crippen molar-refractivity contribution in [1.29, 1.82) is 0 Å². The molecule has 0 saturated carbocycles. The predicted molar refractivity (Wildman–Crippen MR) is 66.3 cm³/mol. The van der Waals surface area contributed by atoms with Gasteiger partial charge in [0.25, 0.3) is 0 Å². The van der Waals surface area contributed by atoms with Crippen LogP contribution < -0.4 is 4.74 Å². The number of carbonyl (C=O) groups is 1. The first-order valence-electron chi connectivity index (χ1n) is 5.55. The first-order valence-corrected chi connectivity index (χ1v) is 5.55. The lowest BCUT2D eigenvalue weighted by atomic mass is 10.1. The van der Waals surface area contributed by atoms with Gasteiger partial charge in [-0.05, 0) is 30.9 Å². The van der Waals surface area contributed by atoms with Crippen LogP contribution in [0.25, 0.3) is 10.8 Å². The molecule has 0 amide bonds. The van der Waals surface area contributed by atoms with Gasteiger partial charge in [0.1, 0.15) is 5.75 Å². The molecule has 17 heavy (non-hydrogen) atoms. The minimum Gasteiger partial charge on any atom is -0.434 e. The summed E-state index contributed by atoms with van der Waals surface area (Å²) in [6.45, 7) is 4.08. The van der Waals surface area contributed by atoms with Crippen LogP contribution in [0, 0.1) is 6.92 Å². The summed E-state index contributed by atoms with van der Waals surface area (Å²) in [5, 5.41) is 2.00. The van der Waals surface area contributed by atoms with Crippen molar-refractivity contribution in [2.24, 2.45) is 0 Å². The van der Waals surface area contributed by atoms with Crippen LogP contribution in [0.1, 0.15) is 12.5 Å². The molecule has 3 nitrogen and oxygen atoms in total. The fraction of sp³-hybridized carbons (Fsp3) is 0.214. The number of benzene rings is 2. The molecule has 88 valence electrons. The molecular weight excluding hydrogens is 216 g/mol. The summed E-state index contributed by atoms with van der Waals surface area (Å²) in [5.41, 5.74) is 1.15. The highest BCUT2D eigenvalue weighted by Crippen LogP contribution is 2.27. The van der Waals surface area contributed by atoms with Crippen molar-refractivity contribution in [3.8, 4) is 5.75 Å². The highest BCUT2D eigenvalue weighted by molar-refractivity contribution is 5.92. The monoisotopic (exact) mass is 230 g/mol. The van der Waals surface area contributed by atoms with Crippen LogP contribution in [0.2, 0.25) is 0 Å². The fourth-order valence-electron chi connectivity index (χ4n) is 1.76. The molecule has 0 spiro atoms. The zero-order valence-corrected chi connectivity index (χ0v) is 9.90. The lowest BCUT2D eigenvalue weighted by Crippen LogP contribution is -2.10. The lowest BCUT2D eigenvalue weighted by molar-refractivity contribution is 0.105. The van der Waals surface area contributed by atoms with Crippen LogP contribution in [0.5, 0.6) is 5.75 Å². The molecule has 0 fully saturated rings. The Kier molecular flexibility index (Phi) is 3.28. The maximum Gasteiger partial charge on any atom is 0.513 e. The fourth-order valence-corrected chi connectivity index (χ4v) is 1.76. The Morgan fingerprint density at radius 1 is 1.12 bits per heavy atom. The van der Waals surface area contributed by atoms with E-state index in [1.807, 2.05) is 37.3 Å². The summed E-state index contributed by atoms with van der Waals surface area (Å²) in [6.07, 6.45) is -0.665. The third-order valence-electron chi connectivity index (χ3n) is 2.56. The molecule has 2 rings (SSSR count). The van der Waals surface area contributed by atoms with Gasteiger partial charge in [-0.3, -0.25) is 0 Å². The van der Waals surface area contributed by atoms with E-state index in [4.69, 9.17) is 9.47 Å². The zero-order valence-electron chi connectivity index (χ0n) is 9.90. The Labute approximate surface area is 100.0 Å². The summed E-state index contributed by atoms with van der Waals surface area (Å²) in [4.78, 5) is 11.3. The average Bonchev–Trinajstić information content (AvgIpc) is 2.31. The van der Waals surface area contributed by atoms with E-state index in [0.717, 1.165) is 16.3 Å². The third kappa shape index (κ3) is 2.38. The zero-order chi connectivity index (χ0) is 12.3. The average molecular weight is 230 g/mol. The van der Waals surface area contributed by atoms with Gasteiger partial charge < -0.3 is 9.47 Å². The van der Waals surface area contributed by atoms with Crippen LogP contribution in [0.15, 0.2) is 36.4 Å². The molecule has 3 heteroatoms. The Bertz CT molecular complexity index is 546. The molecule has 0 heterocycles. The number of rotatable bonds is 2. The van der Waals surface area contributed by atoms with E-state index in [9.17, 15) is 4.79 Å². The number of ether oxygens (including phenoxy) is 2. The van der Waals surface area contributed by atoms with E-state index in [1.165, 1.54) is 0 Å². The molecule has 0 aromatic heterocycles. The van der Waals surface area contributed by atoms with Crippen molar-refractivity contribution < 1.29 is 14.3 Å². The molecule has 0 radical (unpaired) electrons. The van der Waals surface area contributed by atoms with E-state index < -0.39 is 6.16 Å². The molecule has 0 bridgehead atoms. The van der Waals surface area contributed by atoms with Gasteiger partial charge in [0.05, 0.1) is 6.61 Å². The normalized spacial score (nSPS) is 10.2. The molecule has 0 aliphatic rings. The van der Waals surface area contributed by atoms with Crippen LogP contribution in [-0.4, -0.2) is 12.8 Å². The van der Waals surface area contributed by atoms with Crippen molar-refractivity contribution in [3.05, 3.63) is 42.0 Å². The van der Waals surface area contributed by atoms with Crippen molar-refractivity contribution in [3.63, 3.8) is 0 Å². The molecule has 0 aliphatic heterocycles. The van der Waals surface area contributed by atoms with Crippen LogP contribution in [0.4, 0.5) is 4.79 Å². The van der Waals surface area contributed by atoms with Gasteiger partial charge in [0.15, 0.2) is 0 Å². The van der Waals surface area contributed by atoms with Crippen molar-refractivity contribution >= 4 is 16.9 Å². The van der Waals surface area contributed by atoms with Gasteiger partial charge >= 0.3 is 6.16 Å². The lowest BCUT2D eigenvalue weighted by Gasteiger charge is -2.08. The predicted octanol–water partition coefficient (Wildman–Crippen LogP) is 3.68. The first-order chi connectivity index (χ1) is 8.22. The van der Waals surface area contributed by atoms with Gasteiger partial charge in [-0.1, -0.05) is 30.3 Å². The van der Waals surface area contributed by atoms with Gasteiger partial charge in [-0.2, -0.15) is 0 Å². The van der Waals surface area contributed by atoms with E-state index in [0.29, 0.717) is 12.4 Å². The van der Waals surface area contributed by atoms with E-state index >= 15 is 0 Å². The summed E-state index contributed by atoms with van der Waals surface area (Å²) >= 11 is 0. The van der Waals surface area contributed by atoms with Gasteiger partial charge in [-0.15, -0.1) is 0 Å². The SMILES string of the molecule is CCOC(=O)Oc1cccc2c(C)cccc12. The minimum absolute atomic E-state index is 0.308. The second kappa shape index (κ2) is 4.87. The quantitative estimate of drug-likeness (QED) is 0.583. The first kappa shape index (κ1) is 11.5. The van der Waals surface area contributed by atoms with Crippen LogP contribution >= 0.6 is 0 Å². The van der Waals surface area contributed by atoms with Gasteiger partial charge in [0, 0.05) is 5.39 Å². The maximum atomic E-state index is 11.3. The number of carbonyl (C=O) groups excluding carboxylic acids is 1. The highest BCUT2D eigenvalue weighted by atomic mass is 16.7. The summed E-state index contributed by atoms with van der Waals surface area (Å²) in [5.74, 6) is 0.532. The molecule has 0 aliphatic carbocycles. The Hall–Kier alpha value is -2.03. The summed E-state index contributed by atoms with van der Waals surface area (Å²) in [7, 11) is 0. The number of hydrogen-bond acceptors (Lipinski definition) is 3. The molecule has 0 unspecified atom stereocenters. The molecule has 0 saturated heterocycles. The molecule has 0 atom stereocenters. The minimum atomic E-state index is -0.665. The number of fused-ring (bicyclic) bond motifs is 1. The molecule has 0 N–H and O–H groups in total. The van der Waals surface area contributed by atoms with Crippen molar-refractivity contribution in [1.82, 2.24) is 0 Å². The largest absolute Gasteiger partial charge is 0.513 e. The Morgan fingerprint density at radius 3 is 2.59 bits per heavy atom. The molecule has 2 aromatic rings. The second-order valence-corrected chi connectivity index (χ2v) is 3.71. The Morgan fingerprint density at radius 2 is 1.82 bits per heavy atom. The van der Waals surface area contributed by atoms with Gasteiger partial charge in [-0.25, -0.2) is 4.79 Å². The topological polar surface area (TPSA) is 35.5 Å². The molecule has 2 aromatic carbocycles. The Balaban J connectivity index is 2.41. The van der Waals surface area contributed by atoms with Crippen molar-refractivity contribution in [2.45, 2.75) is 13.8 Å². The maximum absolute atomic E-state index is 11.3. The van der Waals surface area contributed by atoms with E-state index in [2.05, 4.69) is 0 Å². The highest BCUT2D eigenvalue weighted by Gasteiger charge is 2.08. The standard InChI is InChI=1S/C14H14O3/c1-3-16-14(15)17-13-9-5-7-11-10(2)6-4-8-12(11)13/h4-9H,3H2,1-2H3. The van der Waals surface area contributed by atoms with E-state index in [-0.39, 0.29) is 0 Å². The smallest absolute Gasteiger partial charge is 0.434 e. The number of aryl methyl sites for hydroxylation is 1. The van der Waals surface area contributed by atoms with E-state index in [1.54, 1.807) is 13.0 Å². The summed E-state index contributed by atoms with van der Waals surface area (Å²) in [6, 6.07) is 11.5. The van der Waals surface area contributed by atoms with Gasteiger partial charge in [0.2, 0.25) is 0 Å². The number of hydrogen-bond donors (Lipinski definition) is 0. The third-order valence-corrected chi connectivity index (χ3v) is 2.56. The summed E-state index contributed by atoms with van der Waals surface area (Å²) < 4.78 is 9.93. The molecular formula is C14H14O3. The van der Waals surface area contributed by atoms with Crippen LogP contribution in [-0.2, 0) is 4.74 Å². The van der Waals surface area contributed by atoms with Crippen LogP contribution in [0.3, 0.4) is 0 Å².